The Balaban J connectivity index is 2.52. The normalized spacial score (nSPS) is 12.3. The molecule has 0 heterocycles. The zero-order chi connectivity index (χ0) is 14.3. The van der Waals surface area contributed by atoms with Gasteiger partial charge in [-0.05, 0) is 44.9 Å². The highest BCUT2D eigenvalue weighted by Crippen LogP contribution is 2.18. The van der Waals surface area contributed by atoms with Crippen molar-refractivity contribution in [2.45, 2.75) is 45.8 Å². The van der Waals surface area contributed by atoms with Gasteiger partial charge >= 0.3 is 0 Å². The highest BCUT2D eigenvalue weighted by Gasteiger charge is 2.09. The zero-order valence-electron chi connectivity index (χ0n) is 11.8. The summed E-state index contributed by atoms with van der Waals surface area (Å²) in [6.45, 7) is 5.95. The topological polar surface area (TPSA) is 58.6 Å². The smallest absolute Gasteiger partial charge is 0.220 e. The summed E-state index contributed by atoms with van der Waals surface area (Å²) in [5, 5.41) is 11.6. The summed E-state index contributed by atoms with van der Waals surface area (Å²) in [7, 11) is 0. The van der Waals surface area contributed by atoms with E-state index in [9.17, 15) is 4.79 Å². The number of ether oxygens (including phenoxy) is 1. The number of aliphatic hydroxyl groups excluding tert-OH is 1. The Morgan fingerprint density at radius 2 is 1.89 bits per heavy atom. The van der Waals surface area contributed by atoms with Gasteiger partial charge in [-0.2, -0.15) is 0 Å². The van der Waals surface area contributed by atoms with Crippen LogP contribution in [-0.2, 0) is 4.79 Å². The third-order valence-corrected chi connectivity index (χ3v) is 2.69. The van der Waals surface area contributed by atoms with Crippen molar-refractivity contribution in [1.29, 1.82) is 0 Å². The molecular weight excluding hydrogens is 242 g/mol. The fourth-order valence-corrected chi connectivity index (χ4v) is 1.74. The summed E-state index contributed by atoms with van der Waals surface area (Å²) in [5.74, 6) is 0.793. The average Bonchev–Trinajstić information content (AvgIpc) is 2.36. The van der Waals surface area contributed by atoms with Gasteiger partial charge in [0.1, 0.15) is 5.75 Å². The van der Waals surface area contributed by atoms with Crippen LogP contribution in [0.5, 0.6) is 5.75 Å². The van der Waals surface area contributed by atoms with Gasteiger partial charge in [0.15, 0.2) is 0 Å². The van der Waals surface area contributed by atoms with Crippen LogP contribution in [0.2, 0.25) is 0 Å². The first-order valence-corrected chi connectivity index (χ1v) is 6.69. The number of carbonyl (C=O) groups excluding carboxylic acids is 1. The van der Waals surface area contributed by atoms with E-state index in [0.717, 1.165) is 11.3 Å². The Kier molecular flexibility index (Phi) is 6.36. The van der Waals surface area contributed by atoms with Crippen molar-refractivity contribution in [3.8, 4) is 5.75 Å². The molecule has 106 valence electrons. The molecule has 1 aromatic rings. The molecule has 1 rings (SSSR count). The second kappa shape index (κ2) is 7.79. The molecule has 1 amide bonds. The van der Waals surface area contributed by atoms with Gasteiger partial charge < -0.3 is 15.2 Å². The van der Waals surface area contributed by atoms with Crippen LogP contribution in [0.15, 0.2) is 24.3 Å². The van der Waals surface area contributed by atoms with Crippen molar-refractivity contribution in [2.75, 3.05) is 6.61 Å². The molecule has 0 aliphatic heterocycles. The Hall–Kier alpha value is -1.55. The number of hydrogen-bond acceptors (Lipinski definition) is 3. The molecule has 0 aliphatic rings. The maximum atomic E-state index is 11.6. The van der Waals surface area contributed by atoms with Crippen molar-refractivity contribution in [3.63, 3.8) is 0 Å². The van der Waals surface area contributed by atoms with Gasteiger partial charge in [-0.15, -0.1) is 0 Å². The first-order chi connectivity index (χ1) is 9.02. The molecule has 1 aromatic carbocycles. The van der Waals surface area contributed by atoms with Gasteiger partial charge in [-0.1, -0.05) is 12.1 Å². The molecule has 0 saturated carbocycles. The molecule has 0 aromatic heterocycles. The van der Waals surface area contributed by atoms with Crippen LogP contribution >= 0.6 is 0 Å². The van der Waals surface area contributed by atoms with Crippen molar-refractivity contribution < 1.29 is 14.6 Å². The third kappa shape index (κ3) is 5.75. The molecular formula is C15H23NO3. The number of carbonyl (C=O) groups is 1. The molecule has 2 N–H and O–H groups in total. The number of amides is 1. The fourth-order valence-electron chi connectivity index (χ4n) is 1.74. The van der Waals surface area contributed by atoms with E-state index in [2.05, 4.69) is 5.32 Å². The van der Waals surface area contributed by atoms with Crippen LogP contribution in [0.4, 0.5) is 0 Å². The van der Waals surface area contributed by atoms with Crippen molar-refractivity contribution >= 4 is 5.91 Å². The molecule has 4 nitrogen and oxygen atoms in total. The molecule has 0 radical (unpaired) electrons. The summed E-state index contributed by atoms with van der Waals surface area (Å²) in [4.78, 5) is 11.6. The molecule has 1 unspecified atom stereocenters. The molecule has 0 saturated heterocycles. The van der Waals surface area contributed by atoms with Gasteiger partial charge in [-0.25, -0.2) is 0 Å². The lowest BCUT2D eigenvalue weighted by Gasteiger charge is -2.15. The summed E-state index contributed by atoms with van der Waals surface area (Å²) >= 11 is 0. The Morgan fingerprint density at radius 1 is 1.26 bits per heavy atom. The number of benzene rings is 1. The zero-order valence-corrected chi connectivity index (χ0v) is 11.8. The van der Waals surface area contributed by atoms with Gasteiger partial charge in [0.2, 0.25) is 5.91 Å². The molecule has 0 spiro atoms. The Morgan fingerprint density at radius 3 is 2.42 bits per heavy atom. The number of rotatable bonds is 7. The van der Waals surface area contributed by atoms with Crippen molar-refractivity contribution in [3.05, 3.63) is 29.8 Å². The first-order valence-electron chi connectivity index (χ1n) is 6.69. The van der Waals surface area contributed by atoms with Gasteiger partial charge in [0.25, 0.3) is 0 Å². The minimum atomic E-state index is -0.0423. The quantitative estimate of drug-likeness (QED) is 0.796. The van der Waals surface area contributed by atoms with Crippen LogP contribution in [-0.4, -0.2) is 23.7 Å². The van der Waals surface area contributed by atoms with Crippen LogP contribution in [0.1, 0.15) is 45.2 Å². The van der Waals surface area contributed by atoms with E-state index < -0.39 is 0 Å². The molecule has 1 atom stereocenters. The Bertz CT molecular complexity index is 387. The average molecular weight is 265 g/mol. The highest BCUT2D eigenvalue weighted by atomic mass is 16.5. The summed E-state index contributed by atoms with van der Waals surface area (Å²) < 4.78 is 5.57. The molecule has 0 fully saturated rings. The molecule has 4 heteroatoms. The molecule has 0 bridgehead atoms. The fraction of sp³-hybridized carbons (Fsp3) is 0.533. The van der Waals surface area contributed by atoms with Crippen molar-refractivity contribution in [1.82, 2.24) is 5.32 Å². The summed E-state index contributed by atoms with van der Waals surface area (Å²) in [6, 6.07) is 7.68. The lowest BCUT2D eigenvalue weighted by molar-refractivity contribution is -0.122. The second-order valence-electron chi connectivity index (χ2n) is 4.85. The minimum Gasteiger partial charge on any atom is -0.491 e. The van der Waals surface area contributed by atoms with Gasteiger partial charge in [-0.3, -0.25) is 4.79 Å². The highest BCUT2D eigenvalue weighted by molar-refractivity contribution is 5.76. The summed E-state index contributed by atoms with van der Waals surface area (Å²) in [5.41, 5.74) is 1.04. The standard InChI is InChI=1S/C15H23NO3/c1-11(2)19-14-8-6-13(7-9-14)12(3)16-15(18)5-4-10-17/h6-9,11-12,17H,4-5,10H2,1-3H3,(H,16,18). The van der Waals surface area contributed by atoms with Crippen LogP contribution in [0.3, 0.4) is 0 Å². The number of aliphatic hydroxyl groups is 1. The lowest BCUT2D eigenvalue weighted by Crippen LogP contribution is -2.26. The van der Waals surface area contributed by atoms with E-state index in [4.69, 9.17) is 9.84 Å². The predicted molar refractivity (Wildman–Crippen MR) is 75.1 cm³/mol. The van der Waals surface area contributed by atoms with Gasteiger partial charge in [0, 0.05) is 13.0 Å². The van der Waals surface area contributed by atoms with Crippen molar-refractivity contribution in [2.24, 2.45) is 0 Å². The van der Waals surface area contributed by atoms with Crippen LogP contribution in [0.25, 0.3) is 0 Å². The third-order valence-electron chi connectivity index (χ3n) is 2.69. The monoisotopic (exact) mass is 265 g/mol. The number of nitrogens with one attached hydrogen (secondary N) is 1. The van der Waals surface area contributed by atoms with E-state index in [1.165, 1.54) is 0 Å². The number of hydrogen-bond donors (Lipinski definition) is 2. The predicted octanol–water partition coefficient (Wildman–Crippen LogP) is 2.42. The summed E-state index contributed by atoms with van der Waals surface area (Å²) in [6.07, 6.45) is 1.01. The van der Waals surface area contributed by atoms with Crippen LogP contribution < -0.4 is 10.1 Å². The van der Waals surface area contributed by atoms with Gasteiger partial charge in [0.05, 0.1) is 12.1 Å². The molecule has 0 aliphatic carbocycles. The second-order valence-corrected chi connectivity index (χ2v) is 4.85. The Labute approximate surface area is 114 Å². The van der Waals surface area contributed by atoms with Crippen LogP contribution in [0, 0.1) is 0 Å². The lowest BCUT2D eigenvalue weighted by atomic mass is 10.1. The molecule has 19 heavy (non-hydrogen) atoms. The largest absolute Gasteiger partial charge is 0.491 e. The van der Waals surface area contributed by atoms with E-state index in [1.54, 1.807) is 0 Å². The first kappa shape index (κ1) is 15.5. The van der Waals surface area contributed by atoms with E-state index in [1.807, 2.05) is 45.0 Å². The minimum absolute atomic E-state index is 0.0379. The SMILES string of the molecule is CC(C)Oc1ccc(C(C)NC(=O)CCCO)cc1. The maximum absolute atomic E-state index is 11.6. The van der Waals surface area contributed by atoms with E-state index in [-0.39, 0.29) is 24.7 Å². The van der Waals surface area contributed by atoms with E-state index in [0.29, 0.717) is 12.8 Å². The van der Waals surface area contributed by atoms with E-state index >= 15 is 0 Å². The maximum Gasteiger partial charge on any atom is 0.220 e.